The Bertz CT molecular complexity index is 467. The van der Waals surface area contributed by atoms with Gasteiger partial charge in [0.1, 0.15) is 5.00 Å². The molecular weight excluding hydrogens is 274 g/mol. The smallest absolute Gasteiger partial charge is 0.176 e. The van der Waals surface area contributed by atoms with Gasteiger partial charge in [0, 0.05) is 20.0 Å². The zero-order chi connectivity index (χ0) is 14.5. The highest BCUT2D eigenvalue weighted by atomic mass is 32.1. The molecule has 0 saturated carbocycles. The molecule has 1 aliphatic heterocycles. The zero-order valence-electron chi connectivity index (χ0n) is 12.2. The lowest BCUT2D eigenvalue weighted by Gasteiger charge is -2.26. The Labute approximate surface area is 124 Å². The van der Waals surface area contributed by atoms with Crippen molar-refractivity contribution in [3.8, 4) is 5.75 Å². The van der Waals surface area contributed by atoms with Crippen LogP contribution in [0.3, 0.4) is 0 Å². The number of piperidine rings is 1. The molecule has 0 aromatic carbocycles. The molecule has 5 nitrogen and oxygen atoms in total. The van der Waals surface area contributed by atoms with Crippen molar-refractivity contribution in [1.29, 1.82) is 0 Å². The van der Waals surface area contributed by atoms with Gasteiger partial charge in [0.2, 0.25) is 0 Å². The summed E-state index contributed by atoms with van der Waals surface area (Å²) in [6.45, 7) is 5.75. The molecule has 0 bridgehead atoms. The van der Waals surface area contributed by atoms with E-state index < -0.39 is 0 Å². The molecule has 0 unspecified atom stereocenters. The second-order valence-electron chi connectivity index (χ2n) is 5.09. The van der Waals surface area contributed by atoms with Crippen LogP contribution in [0.25, 0.3) is 0 Å². The van der Waals surface area contributed by atoms with Crippen molar-refractivity contribution in [2.45, 2.75) is 26.2 Å². The number of likely N-dealkylation sites (tertiary alicyclic amines) is 1. The van der Waals surface area contributed by atoms with Crippen LogP contribution >= 0.6 is 11.3 Å². The van der Waals surface area contributed by atoms with Gasteiger partial charge in [-0.15, -0.1) is 11.3 Å². The number of nitrogens with zero attached hydrogens (tertiary/aromatic N) is 1. The number of methoxy groups -OCH3 is 1. The molecule has 112 valence electrons. The van der Waals surface area contributed by atoms with Crippen molar-refractivity contribution < 1.29 is 9.53 Å². The molecule has 0 amide bonds. The maximum absolute atomic E-state index is 11.5. The Hall–Kier alpha value is -1.27. The number of rotatable bonds is 6. The number of ether oxygens (including phenoxy) is 1. The highest BCUT2D eigenvalue weighted by Gasteiger charge is 2.19. The topological polar surface area (TPSA) is 67.6 Å². The predicted molar refractivity (Wildman–Crippen MR) is 84.1 cm³/mol. The lowest BCUT2D eigenvalue weighted by atomic mass is 10.1. The van der Waals surface area contributed by atoms with Crippen molar-refractivity contribution in [3.05, 3.63) is 4.88 Å². The van der Waals surface area contributed by atoms with Crippen molar-refractivity contribution >= 4 is 27.8 Å². The molecule has 20 heavy (non-hydrogen) atoms. The van der Waals surface area contributed by atoms with Crippen LogP contribution in [0.2, 0.25) is 0 Å². The number of hydrogen-bond acceptors (Lipinski definition) is 6. The van der Waals surface area contributed by atoms with E-state index in [4.69, 9.17) is 10.5 Å². The first-order valence-electron chi connectivity index (χ1n) is 7.07. The third kappa shape index (κ3) is 3.43. The number of carbonyl (C=O) groups excluding carboxylic acids is 1. The summed E-state index contributed by atoms with van der Waals surface area (Å²) in [6.07, 6.45) is 3.94. The van der Waals surface area contributed by atoms with Crippen LogP contribution in [0.1, 0.15) is 35.9 Å². The molecule has 6 heteroatoms. The summed E-state index contributed by atoms with van der Waals surface area (Å²) in [4.78, 5) is 14.5. The van der Waals surface area contributed by atoms with E-state index in [0.717, 1.165) is 18.1 Å². The van der Waals surface area contributed by atoms with Crippen LogP contribution < -0.4 is 15.8 Å². The van der Waals surface area contributed by atoms with Crippen LogP contribution in [0, 0.1) is 0 Å². The van der Waals surface area contributed by atoms with Crippen LogP contribution in [0.5, 0.6) is 5.75 Å². The Balaban J connectivity index is 1.94. The maximum atomic E-state index is 11.5. The summed E-state index contributed by atoms with van der Waals surface area (Å²) in [5, 5.41) is 4.20. The standard InChI is InChI=1S/C14H23N3O2S/c1-10(18)13-11(15)12(19-2)14(20-13)16-6-9-17-7-4-3-5-8-17/h16H,3-9,15H2,1-2H3. The number of nitrogen functional groups attached to an aromatic ring is 1. The highest BCUT2D eigenvalue weighted by molar-refractivity contribution is 7.19. The van der Waals surface area contributed by atoms with E-state index in [1.165, 1.54) is 50.6 Å². The summed E-state index contributed by atoms with van der Waals surface area (Å²) in [6, 6.07) is 0. The van der Waals surface area contributed by atoms with Crippen LogP contribution in [-0.2, 0) is 0 Å². The molecule has 0 aliphatic carbocycles. The summed E-state index contributed by atoms with van der Waals surface area (Å²) in [7, 11) is 1.58. The Morgan fingerprint density at radius 1 is 1.40 bits per heavy atom. The molecule has 2 rings (SSSR count). The summed E-state index contributed by atoms with van der Waals surface area (Å²) >= 11 is 1.38. The quantitative estimate of drug-likeness (QED) is 0.789. The van der Waals surface area contributed by atoms with E-state index in [9.17, 15) is 4.79 Å². The maximum Gasteiger partial charge on any atom is 0.176 e. The SMILES string of the molecule is COc1c(NCCN2CCCCC2)sc(C(C)=O)c1N. The zero-order valence-corrected chi connectivity index (χ0v) is 13.0. The first-order chi connectivity index (χ1) is 9.63. The minimum atomic E-state index is -0.0186. The Kier molecular flexibility index (Phi) is 5.25. The molecule has 1 aromatic heterocycles. The minimum absolute atomic E-state index is 0.0186. The minimum Gasteiger partial charge on any atom is -0.492 e. The normalized spacial score (nSPS) is 16.1. The van der Waals surface area contributed by atoms with Crippen LogP contribution in [0.4, 0.5) is 10.7 Å². The first-order valence-corrected chi connectivity index (χ1v) is 7.88. The number of thiophene rings is 1. The molecule has 3 N–H and O–H groups in total. The number of Topliss-reactive ketones (excluding diaryl/α,β-unsaturated/α-hetero) is 1. The number of nitrogens with one attached hydrogen (secondary N) is 1. The van der Waals surface area contributed by atoms with E-state index in [1.807, 2.05) is 0 Å². The molecule has 0 spiro atoms. The van der Waals surface area contributed by atoms with Gasteiger partial charge in [0.25, 0.3) is 0 Å². The van der Waals surface area contributed by atoms with Gasteiger partial charge in [-0.05, 0) is 25.9 Å². The molecule has 1 aromatic rings. The van der Waals surface area contributed by atoms with Gasteiger partial charge >= 0.3 is 0 Å². The number of hydrogen-bond donors (Lipinski definition) is 2. The molecule has 1 aliphatic rings. The number of anilines is 2. The summed E-state index contributed by atoms with van der Waals surface area (Å²) in [5.41, 5.74) is 6.39. The molecular formula is C14H23N3O2S. The molecule has 2 heterocycles. The fraction of sp³-hybridized carbons (Fsp3) is 0.643. The Morgan fingerprint density at radius 2 is 2.10 bits per heavy atom. The third-order valence-electron chi connectivity index (χ3n) is 3.59. The fourth-order valence-electron chi connectivity index (χ4n) is 2.52. The van der Waals surface area contributed by atoms with Crippen LogP contribution in [0.15, 0.2) is 0 Å². The van der Waals surface area contributed by atoms with Gasteiger partial charge in [0.05, 0.1) is 17.7 Å². The van der Waals surface area contributed by atoms with E-state index in [-0.39, 0.29) is 5.78 Å². The third-order valence-corrected chi connectivity index (χ3v) is 4.83. The average Bonchev–Trinajstić information content (AvgIpc) is 2.76. The Morgan fingerprint density at radius 3 is 2.70 bits per heavy atom. The second-order valence-corrected chi connectivity index (χ2v) is 6.11. The summed E-state index contributed by atoms with van der Waals surface area (Å²) < 4.78 is 5.31. The first kappa shape index (κ1) is 15.1. The second kappa shape index (κ2) is 6.95. The number of nitrogens with two attached hydrogens (primary N) is 1. The highest BCUT2D eigenvalue weighted by Crippen LogP contribution is 2.42. The molecule has 1 fully saturated rings. The summed E-state index contributed by atoms with van der Waals surface area (Å²) in [5.74, 6) is 0.578. The van der Waals surface area contributed by atoms with E-state index in [0.29, 0.717) is 16.3 Å². The van der Waals surface area contributed by atoms with Gasteiger partial charge in [-0.1, -0.05) is 6.42 Å². The van der Waals surface area contributed by atoms with E-state index >= 15 is 0 Å². The molecule has 1 saturated heterocycles. The van der Waals surface area contributed by atoms with Gasteiger partial charge in [-0.25, -0.2) is 0 Å². The van der Waals surface area contributed by atoms with Crippen molar-refractivity contribution in [2.24, 2.45) is 0 Å². The largest absolute Gasteiger partial charge is 0.492 e. The van der Waals surface area contributed by atoms with Crippen molar-refractivity contribution in [1.82, 2.24) is 4.90 Å². The average molecular weight is 297 g/mol. The molecule has 0 atom stereocenters. The van der Waals surface area contributed by atoms with Crippen molar-refractivity contribution in [2.75, 3.05) is 44.3 Å². The monoisotopic (exact) mass is 297 g/mol. The van der Waals surface area contributed by atoms with Gasteiger partial charge in [-0.3, -0.25) is 4.79 Å². The van der Waals surface area contributed by atoms with Crippen LogP contribution in [-0.4, -0.2) is 44.0 Å². The van der Waals surface area contributed by atoms with E-state index in [1.54, 1.807) is 7.11 Å². The van der Waals surface area contributed by atoms with Gasteiger partial charge in [0.15, 0.2) is 11.5 Å². The number of carbonyl (C=O) groups is 1. The fourth-order valence-corrected chi connectivity index (χ4v) is 3.53. The molecule has 0 radical (unpaired) electrons. The predicted octanol–water partition coefficient (Wildman–Crippen LogP) is 2.44. The van der Waals surface area contributed by atoms with E-state index in [2.05, 4.69) is 10.2 Å². The number of ketones is 1. The van der Waals surface area contributed by atoms with Gasteiger partial charge < -0.3 is 20.7 Å². The lowest BCUT2D eigenvalue weighted by Crippen LogP contribution is -2.33. The lowest BCUT2D eigenvalue weighted by molar-refractivity contribution is 0.102. The van der Waals surface area contributed by atoms with Crippen molar-refractivity contribution in [3.63, 3.8) is 0 Å². The van der Waals surface area contributed by atoms with Gasteiger partial charge in [-0.2, -0.15) is 0 Å².